The van der Waals surface area contributed by atoms with Gasteiger partial charge < -0.3 is 121 Å². The van der Waals surface area contributed by atoms with E-state index < -0.39 is 217 Å². The number of aliphatic hydroxyl groups is 4. The fourth-order valence-electron chi connectivity index (χ4n) is 10.7. The molecule has 24 N–H and O–H groups in total. The molecule has 2 aliphatic rings. The van der Waals surface area contributed by atoms with Gasteiger partial charge in [-0.2, -0.15) is 39.5 Å². The van der Waals surface area contributed by atoms with Gasteiger partial charge in [-0.1, -0.05) is 106 Å². The number of alkyl halides is 9. The molecule has 0 unspecified atom stereocenters. The number of hydrogen-bond donors (Lipinski definition) is 21. The third kappa shape index (κ3) is 42.0. The zero-order valence-corrected chi connectivity index (χ0v) is 67.8. The predicted molar refractivity (Wildman–Crippen MR) is 403 cm³/mol. The third-order valence-electron chi connectivity index (χ3n) is 17.2. The molecule has 0 bridgehead atoms. The molecule has 3 rings (SSSR count). The van der Waals surface area contributed by atoms with Gasteiger partial charge in [-0.25, -0.2) is 19.2 Å². The zero-order chi connectivity index (χ0) is 92.6. The minimum absolute atomic E-state index is 0.0470. The number of esters is 1. The van der Waals surface area contributed by atoms with E-state index in [2.05, 4.69) is 68.4 Å². The predicted octanol–water partition coefficient (Wildman–Crippen LogP) is -3.18. The van der Waals surface area contributed by atoms with E-state index in [1.807, 2.05) is 13.8 Å². The monoisotopic (exact) mass is 1740 g/mol. The first-order chi connectivity index (χ1) is 55.4. The number of ether oxygens (including phenoxy) is 2. The van der Waals surface area contributed by atoms with Crippen molar-refractivity contribution in [3.05, 3.63) is 35.9 Å². The number of nitrogens with two attached hydrogens (primary N) is 3. The summed E-state index contributed by atoms with van der Waals surface area (Å²) in [6.07, 6.45) is -22.8. The number of rotatable bonds is 27. The average Bonchev–Trinajstić information content (AvgIpc) is 0.808. The highest BCUT2D eigenvalue weighted by Gasteiger charge is 2.45. The summed E-state index contributed by atoms with van der Waals surface area (Å²) in [5.41, 5.74) is 17.4. The molecule has 0 aliphatic carbocycles. The maximum absolute atomic E-state index is 15.5. The summed E-state index contributed by atoms with van der Waals surface area (Å²) in [5.74, 6) is -24.9. The van der Waals surface area contributed by atoms with Crippen LogP contribution in [0.4, 0.5) is 39.5 Å². The van der Waals surface area contributed by atoms with Gasteiger partial charge in [0.1, 0.15) is 48.3 Å². The van der Waals surface area contributed by atoms with Gasteiger partial charge in [-0.15, -0.1) is 0 Å². The largest absolute Gasteiger partial charge is 0.490 e. The standard InChI is InChI=1S/C65H110N16O18.3C2HF3O2/c1-12-37(10)46-59(92)78-47(38(11)83)58(91)71-31-45(84)76-49(52(86)63(96)69-22-17-23-81-24-26-98-27-25-81)61(94)75-44(32-82)64(97)99-53(39-18-14-13-15-19-39)50(80-57(90)43(30-35(6)7)73-54(87)40(66)28-33(2)3)62(95)79-48(51(85)36(8)9)60(93)74-42(29-34(4)5)56(89)72-41(55(88)77-46)20-16-21-70-65(67)68;3*3-2(4,5)1(6)7/h13-15,18-19,33-38,40-44,46-53,82-83,85-86H,12,16-17,20-32,66H2,1-11H3,(H,69,96)(H,71,91)(H,72,89)(H,73,87)(H,74,93)(H,75,94)(H,76,84)(H,77,88)(H,78,92)(H,79,95)(H,80,90)(H4,67,68,70);3*(H,6,7)/t37-,38-,40+,41+,42-,43-,44-,46-,47-,48-,49-,50-,51+,52-,53+;;;/m0.../s1. The number of carboxylic acid groups (broad SMARTS) is 3. The van der Waals surface area contributed by atoms with Crippen LogP contribution in [-0.4, -0.2) is 292 Å². The number of aliphatic hydroxyl groups excluding tert-OH is 4. The minimum Gasteiger partial charge on any atom is -0.475 e. The first kappa shape index (κ1) is 110. The minimum atomic E-state index is -5.08. The molecule has 2 fully saturated rings. The Bertz CT molecular complexity index is 3480. The van der Waals surface area contributed by atoms with E-state index in [0.29, 0.717) is 39.3 Å². The summed E-state index contributed by atoms with van der Waals surface area (Å²) in [5, 5.41) is 93.8. The highest BCUT2D eigenvalue weighted by Crippen LogP contribution is 2.26. The molecular weight excluding hydrogens is 1630 g/mol. The number of guanidine groups is 1. The average molecular weight is 1750 g/mol. The van der Waals surface area contributed by atoms with Crippen molar-refractivity contribution in [1.82, 2.24) is 63.4 Å². The molecule has 49 heteroatoms. The first-order valence-corrected chi connectivity index (χ1v) is 37.6. The van der Waals surface area contributed by atoms with E-state index in [1.165, 1.54) is 38.1 Å². The first-order valence-electron chi connectivity index (χ1n) is 37.6. The number of carbonyl (C=O) groups excluding carboxylic acids is 12. The second kappa shape index (κ2) is 53.3. The molecular formula is C71H113F9N16O24. The van der Waals surface area contributed by atoms with Crippen LogP contribution >= 0.6 is 0 Å². The van der Waals surface area contributed by atoms with Crippen LogP contribution < -0.4 is 75.7 Å². The molecule has 0 radical (unpaired) electrons. The van der Waals surface area contributed by atoms with E-state index in [0.717, 1.165) is 6.92 Å². The van der Waals surface area contributed by atoms with Gasteiger partial charge in [0.05, 0.1) is 44.6 Å². The molecule has 0 aromatic heterocycles. The number of nitrogens with one attached hydrogen (secondary N) is 11. The van der Waals surface area contributed by atoms with Crippen molar-refractivity contribution in [2.45, 2.75) is 224 Å². The lowest BCUT2D eigenvalue weighted by molar-refractivity contribution is -0.193. The summed E-state index contributed by atoms with van der Waals surface area (Å²) >= 11 is 0. The van der Waals surface area contributed by atoms with Gasteiger partial charge in [0.2, 0.25) is 59.1 Å². The van der Waals surface area contributed by atoms with Gasteiger partial charge >= 0.3 is 42.4 Å². The number of benzene rings is 1. The molecule has 1 aromatic carbocycles. The van der Waals surface area contributed by atoms with Crippen molar-refractivity contribution in [3.63, 3.8) is 0 Å². The van der Waals surface area contributed by atoms with Crippen LogP contribution in [0.15, 0.2) is 35.3 Å². The van der Waals surface area contributed by atoms with Crippen molar-refractivity contribution >= 4 is 94.8 Å². The van der Waals surface area contributed by atoms with Crippen LogP contribution in [0.25, 0.3) is 0 Å². The third-order valence-corrected chi connectivity index (χ3v) is 17.2. The van der Waals surface area contributed by atoms with Crippen molar-refractivity contribution in [3.8, 4) is 0 Å². The summed E-state index contributed by atoms with van der Waals surface area (Å²) in [4.78, 5) is 206. The Balaban J connectivity index is 0.00000591. The van der Waals surface area contributed by atoms with Crippen molar-refractivity contribution < 1.29 is 157 Å². The Morgan fingerprint density at radius 3 is 1.55 bits per heavy atom. The van der Waals surface area contributed by atoms with Crippen LogP contribution in [-0.2, 0) is 81.4 Å². The Hall–Kier alpha value is -10.4. The molecule has 2 heterocycles. The smallest absolute Gasteiger partial charge is 0.475 e. The molecule has 2 aliphatic heterocycles. The fourth-order valence-corrected chi connectivity index (χ4v) is 10.7. The molecule has 11 amide bonds. The van der Waals surface area contributed by atoms with Crippen molar-refractivity contribution in [1.29, 1.82) is 0 Å². The number of hydrogen-bond acceptors (Lipinski definition) is 24. The summed E-state index contributed by atoms with van der Waals surface area (Å²) in [6.45, 7) is 18.2. The van der Waals surface area contributed by atoms with Gasteiger partial charge in [-0.05, 0) is 87.1 Å². The summed E-state index contributed by atoms with van der Waals surface area (Å²) < 4.78 is 107. The van der Waals surface area contributed by atoms with E-state index >= 15 is 9.59 Å². The number of carbonyl (C=O) groups is 15. The number of carboxylic acids is 3. The molecule has 684 valence electrons. The number of amides is 11. The molecule has 2 saturated heterocycles. The quantitative estimate of drug-likeness (QED) is 0.0136. The number of cyclic esters (lactones) is 1. The van der Waals surface area contributed by atoms with Crippen LogP contribution in [0, 0.1) is 29.6 Å². The Morgan fingerprint density at radius 1 is 0.592 bits per heavy atom. The molecule has 15 atom stereocenters. The molecule has 120 heavy (non-hydrogen) atoms. The second-order valence-corrected chi connectivity index (χ2v) is 29.2. The molecule has 0 saturated carbocycles. The van der Waals surface area contributed by atoms with Crippen LogP contribution in [0.2, 0.25) is 0 Å². The zero-order valence-electron chi connectivity index (χ0n) is 67.8. The lowest BCUT2D eigenvalue weighted by Gasteiger charge is -2.34. The number of aliphatic carboxylic acids is 3. The van der Waals surface area contributed by atoms with Gasteiger partial charge in [0.15, 0.2) is 24.2 Å². The van der Waals surface area contributed by atoms with E-state index in [-0.39, 0.29) is 80.9 Å². The SMILES string of the molecule is CC[C@H](C)[C@@H]1NC(=O)[C@@H](CCCN=C(N)N)NC(=O)[C@H](CC(C)C)NC(=O)[C@H]([C@H](O)C(C)C)NC(=O)[C@@H](NC(=O)[C@H](CC(C)C)NC(=O)[C@H](N)CC(C)C)[C@@H](c2ccccc2)OC(=O)[C@H](CO)NC(=O)[C@H]([C@H](O)C(=O)NCCCN2CCOCC2)NC(=O)CNC(=O)[C@H]([C@H](C)O)NC1=O.O=C(O)C(F)(F)F.O=C(O)C(F)(F)F.O=C(O)C(F)(F)F. The fraction of sp³-hybridized carbons (Fsp3) is 0.690. The number of nitrogens with zero attached hydrogens (tertiary/aromatic N) is 2. The molecule has 1 aromatic rings. The normalized spacial score (nSPS) is 22.3. The summed E-state index contributed by atoms with van der Waals surface area (Å²) in [6, 6.07) is -10.6. The second-order valence-electron chi connectivity index (χ2n) is 29.2. The Labute approximate surface area is 684 Å². The summed E-state index contributed by atoms with van der Waals surface area (Å²) in [7, 11) is 0. The number of halogens is 9. The lowest BCUT2D eigenvalue weighted by atomic mass is 9.95. The number of aliphatic imine (C=N–C) groups is 1. The number of morpholine rings is 1. The van der Waals surface area contributed by atoms with E-state index in [9.17, 15) is 108 Å². The molecule has 0 spiro atoms. The molecule has 40 nitrogen and oxygen atoms in total. The van der Waals surface area contributed by atoms with E-state index in [1.54, 1.807) is 47.6 Å². The van der Waals surface area contributed by atoms with E-state index in [4.69, 9.17) is 56.4 Å². The van der Waals surface area contributed by atoms with Crippen molar-refractivity contribution in [2.24, 2.45) is 51.8 Å². The van der Waals surface area contributed by atoms with Gasteiger partial charge in [0, 0.05) is 26.2 Å². The highest BCUT2D eigenvalue weighted by molar-refractivity contribution is 6.00. The Morgan fingerprint density at radius 2 is 1.07 bits per heavy atom. The van der Waals surface area contributed by atoms with Gasteiger partial charge in [-0.3, -0.25) is 62.6 Å². The highest BCUT2D eigenvalue weighted by atomic mass is 19.4. The lowest BCUT2D eigenvalue weighted by Crippen LogP contribution is -2.64. The van der Waals surface area contributed by atoms with Crippen LogP contribution in [0.3, 0.4) is 0 Å². The maximum Gasteiger partial charge on any atom is 0.490 e. The maximum atomic E-state index is 15.5. The van der Waals surface area contributed by atoms with Gasteiger partial charge in [0.25, 0.3) is 5.91 Å². The van der Waals surface area contributed by atoms with Crippen molar-refractivity contribution in [2.75, 3.05) is 59.1 Å². The Kier molecular flexibility index (Phi) is 48.7. The van der Waals surface area contributed by atoms with Crippen LogP contribution in [0.1, 0.15) is 133 Å². The van der Waals surface area contributed by atoms with Crippen LogP contribution in [0.5, 0.6) is 0 Å². The topological polar surface area (TPSA) is 642 Å².